The molecule has 7 heteroatoms. The van der Waals surface area contributed by atoms with Gasteiger partial charge in [0.2, 0.25) is 0 Å². The van der Waals surface area contributed by atoms with E-state index in [1.54, 1.807) is 7.11 Å². The number of ether oxygens (including phenoxy) is 1. The second kappa shape index (κ2) is 6.67. The highest BCUT2D eigenvalue weighted by Crippen LogP contribution is 2.26. The minimum absolute atomic E-state index is 0.0960. The minimum Gasteiger partial charge on any atom is -0.497 e. The quantitative estimate of drug-likeness (QED) is 0.695. The first-order chi connectivity index (χ1) is 11.6. The Morgan fingerprint density at radius 1 is 1.25 bits per heavy atom. The summed E-state index contributed by atoms with van der Waals surface area (Å²) in [6.45, 7) is 1.45. The van der Waals surface area contributed by atoms with Crippen LogP contribution in [0, 0.1) is 0 Å². The molecule has 2 aromatic heterocycles. The summed E-state index contributed by atoms with van der Waals surface area (Å²) in [4.78, 5) is 30.6. The number of anilines is 1. The second-order valence-corrected chi connectivity index (χ2v) is 5.94. The maximum atomic E-state index is 12.2. The van der Waals surface area contributed by atoms with Gasteiger partial charge in [-0.25, -0.2) is 4.98 Å². The SMILES string of the molecule is COc1ccc(-c2csc(NC(=O)c3cc(C(C)=O)c[nH]3)n2)cc1. The molecule has 24 heavy (non-hydrogen) atoms. The molecule has 0 aliphatic carbocycles. The molecule has 122 valence electrons. The Labute approximate surface area is 142 Å². The van der Waals surface area contributed by atoms with Crippen LogP contribution in [0.1, 0.15) is 27.8 Å². The molecule has 2 heterocycles. The molecular weight excluding hydrogens is 326 g/mol. The van der Waals surface area contributed by atoms with E-state index >= 15 is 0 Å². The van der Waals surface area contributed by atoms with Gasteiger partial charge in [0.1, 0.15) is 11.4 Å². The van der Waals surface area contributed by atoms with Crippen molar-refractivity contribution >= 4 is 28.2 Å². The molecule has 0 fully saturated rings. The first-order valence-electron chi connectivity index (χ1n) is 7.17. The van der Waals surface area contributed by atoms with Crippen LogP contribution >= 0.6 is 11.3 Å². The zero-order valence-corrected chi connectivity index (χ0v) is 13.9. The van der Waals surface area contributed by atoms with Gasteiger partial charge in [0, 0.05) is 22.7 Å². The lowest BCUT2D eigenvalue weighted by Crippen LogP contribution is -2.11. The van der Waals surface area contributed by atoms with Gasteiger partial charge in [0.15, 0.2) is 10.9 Å². The molecule has 0 spiro atoms. The number of rotatable bonds is 5. The van der Waals surface area contributed by atoms with Crippen LogP contribution in [0.15, 0.2) is 41.9 Å². The van der Waals surface area contributed by atoms with Gasteiger partial charge in [-0.15, -0.1) is 11.3 Å². The minimum atomic E-state index is -0.335. The van der Waals surface area contributed by atoms with Gasteiger partial charge in [-0.1, -0.05) is 0 Å². The van der Waals surface area contributed by atoms with E-state index in [0.29, 0.717) is 16.4 Å². The van der Waals surface area contributed by atoms with Gasteiger partial charge in [0.25, 0.3) is 5.91 Å². The van der Waals surface area contributed by atoms with Crippen LogP contribution in [0.3, 0.4) is 0 Å². The first kappa shape index (κ1) is 15.9. The van der Waals surface area contributed by atoms with Crippen LogP contribution in [0.5, 0.6) is 5.75 Å². The van der Waals surface area contributed by atoms with Crippen molar-refractivity contribution < 1.29 is 14.3 Å². The first-order valence-corrected chi connectivity index (χ1v) is 8.05. The molecule has 0 unspecified atom stereocenters. The maximum Gasteiger partial charge on any atom is 0.273 e. The highest BCUT2D eigenvalue weighted by Gasteiger charge is 2.13. The monoisotopic (exact) mass is 341 g/mol. The van der Waals surface area contributed by atoms with Crippen LogP contribution in [0.25, 0.3) is 11.3 Å². The van der Waals surface area contributed by atoms with E-state index in [-0.39, 0.29) is 11.7 Å². The Kier molecular flexibility index (Phi) is 4.43. The number of carbonyl (C=O) groups is 2. The predicted octanol–water partition coefficient (Wildman–Crippen LogP) is 3.60. The predicted molar refractivity (Wildman–Crippen MR) is 92.9 cm³/mol. The molecule has 0 saturated carbocycles. The van der Waals surface area contributed by atoms with Gasteiger partial charge in [0.05, 0.1) is 12.8 Å². The summed E-state index contributed by atoms with van der Waals surface area (Å²) in [7, 11) is 1.61. The molecule has 0 aliphatic rings. The van der Waals surface area contributed by atoms with Gasteiger partial charge >= 0.3 is 0 Å². The van der Waals surface area contributed by atoms with E-state index in [2.05, 4.69) is 15.3 Å². The molecule has 3 rings (SSSR count). The topological polar surface area (TPSA) is 84.1 Å². The van der Waals surface area contributed by atoms with Crippen LogP contribution in [0.4, 0.5) is 5.13 Å². The molecule has 6 nitrogen and oxygen atoms in total. The Morgan fingerprint density at radius 2 is 2.00 bits per heavy atom. The number of nitrogens with zero attached hydrogens (tertiary/aromatic N) is 1. The molecule has 2 N–H and O–H groups in total. The Morgan fingerprint density at radius 3 is 2.62 bits per heavy atom. The van der Waals surface area contributed by atoms with Crippen molar-refractivity contribution in [2.24, 2.45) is 0 Å². The molecule has 1 aromatic carbocycles. The fourth-order valence-corrected chi connectivity index (χ4v) is 2.83. The molecule has 0 radical (unpaired) electrons. The molecule has 1 amide bonds. The fourth-order valence-electron chi connectivity index (χ4n) is 2.12. The summed E-state index contributed by atoms with van der Waals surface area (Å²) in [5, 5.41) is 5.08. The average Bonchev–Trinajstić information content (AvgIpc) is 3.24. The Balaban J connectivity index is 1.72. The van der Waals surface area contributed by atoms with Crippen molar-refractivity contribution in [3.8, 4) is 17.0 Å². The molecule has 0 bridgehead atoms. The van der Waals surface area contributed by atoms with E-state index in [1.807, 2.05) is 29.6 Å². The van der Waals surface area contributed by atoms with E-state index in [1.165, 1.54) is 30.5 Å². The van der Waals surface area contributed by atoms with Crippen LogP contribution in [0.2, 0.25) is 0 Å². The molecular formula is C17H15N3O3S. The zero-order valence-electron chi connectivity index (χ0n) is 13.1. The van der Waals surface area contributed by atoms with Crippen LogP contribution < -0.4 is 10.1 Å². The van der Waals surface area contributed by atoms with Gasteiger partial charge < -0.3 is 9.72 Å². The van der Waals surface area contributed by atoms with Crippen LogP contribution in [-0.4, -0.2) is 28.8 Å². The number of carbonyl (C=O) groups excluding carboxylic acids is 2. The summed E-state index contributed by atoms with van der Waals surface area (Å²) in [5.74, 6) is 0.343. The number of aromatic amines is 1. The number of hydrogen-bond donors (Lipinski definition) is 2. The standard InChI is InChI=1S/C17H15N3O3S/c1-10(21)12-7-14(18-8-12)16(22)20-17-19-15(9-24-17)11-3-5-13(23-2)6-4-11/h3-9,18H,1-2H3,(H,19,20,22). The Bertz CT molecular complexity index is 881. The lowest BCUT2D eigenvalue weighted by atomic mass is 10.2. The number of amides is 1. The zero-order chi connectivity index (χ0) is 17.1. The van der Waals surface area contributed by atoms with Crippen molar-refractivity contribution in [2.45, 2.75) is 6.92 Å². The maximum absolute atomic E-state index is 12.2. The Hall–Kier alpha value is -2.93. The third-order valence-electron chi connectivity index (χ3n) is 3.44. The normalized spacial score (nSPS) is 10.4. The summed E-state index contributed by atoms with van der Waals surface area (Å²) in [6, 6.07) is 9.05. The molecule has 0 saturated heterocycles. The molecule has 3 aromatic rings. The highest BCUT2D eigenvalue weighted by atomic mass is 32.1. The van der Waals surface area contributed by atoms with Crippen LogP contribution in [-0.2, 0) is 0 Å². The van der Waals surface area contributed by atoms with E-state index in [4.69, 9.17) is 4.74 Å². The summed E-state index contributed by atoms with van der Waals surface area (Å²) in [6.07, 6.45) is 1.52. The van der Waals surface area contributed by atoms with Crippen molar-refractivity contribution in [1.82, 2.24) is 9.97 Å². The smallest absolute Gasteiger partial charge is 0.273 e. The number of thiazole rings is 1. The number of nitrogens with one attached hydrogen (secondary N) is 2. The number of Topliss-reactive ketones (excluding diaryl/α,β-unsaturated/α-hetero) is 1. The van der Waals surface area contributed by atoms with Crippen molar-refractivity contribution in [3.63, 3.8) is 0 Å². The van der Waals surface area contributed by atoms with Gasteiger partial charge in [-0.2, -0.15) is 0 Å². The number of benzene rings is 1. The van der Waals surface area contributed by atoms with Crippen molar-refractivity contribution in [2.75, 3.05) is 12.4 Å². The van der Waals surface area contributed by atoms with E-state index < -0.39 is 0 Å². The van der Waals surface area contributed by atoms with Crippen molar-refractivity contribution in [3.05, 3.63) is 53.2 Å². The third-order valence-corrected chi connectivity index (χ3v) is 4.20. The number of H-pyrrole nitrogens is 1. The number of methoxy groups -OCH3 is 1. The summed E-state index contributed by atoms with van der Waals surface area (Å²) >= 11 is 1.34. The largest absolute Gasteiger partial charge is 0.497 e. The average molecular weight is 341 g/mol. The lowest BCUT2D eigenvalue weighted by Gasteiger charge is -2.01. The fraction of sp³-hybridized carbons (Fsp3) is 0.118. The van der Waals surface area contributed by atoms with Gasteiger partial charge in [-0.05, 0) is 37.3 Å². The summed E-state index contributed by atoms with van der Waals surface area (Å²) in [5.41, 5.74) is 2.50. The second-order valence-electron chi connectivity index (χ2n) is 5.08. The molecule has 0 aliphatic heterocycles. The third kappa shape index (κ3) is 3.36. The number of aromatic nitrogens is 2. The summed E-state index contributed by atoms with van der Waals surface area (Å²) < 4.78 is 5.13. The molecule has 0 atom stereocenters. The van der Waals surface area contributed by atoms with Crippen molar-refractivity contribution in [1.29, 1.82) is 0 Å². The lowest BCUT2D eigenvalue weighted by molar-refractivity contribution is 0.101. The van der Waals surface area contributed by atoms with E-state index in [9.17, 15) is 9.59 Å². The van der Waals surface area contributed by atoms with E-state index in [0.717, 1.165) is 17.0 Å². The highest BCUT2D eigenvalue weighted by molar-refractivity contribution is 7.14. The van der Waals surface area contributed by atoms with Gasteiger partial charge in [-0.3, -0.25) is 14.9 Å². The number of ketones is 1. The number of hydrogen-bond acceptors (Lipinski definition) is 5.